The van der Waals surface area contributed by atoms with Gasteiger partial charge < -0.3 is 19.9 Å². The van der Waals surface area contributed by atoms with E-state index in [1.807, 2.05) is 42.5 Å². The fourth-order valence-electron chi connectivity index (χ4n) is 2.74. The number of nitrogens with one attached hydrogen (secondary N) is 1. The summed E-state index contributed by atoms with van der Waals surface area (Å²) in [7, 11) is 1.48. The maximum atomic E-state index is 12.3. The van der Waals surface area contributed by atoms with Gasteiger partial charge in [-0.1, -0.05) is 42.5 Å². The number of carboxylic acids is 1. The minimum Gasteiger partial charge on any atom is -0.493 e. The molecule has 2 N–H and O–H groups in total. The van der Waals surface area contributed by atoms with E-state index >= 15 is 0 Å². The predicted molar refractivity (Wildman–Crippen MR) is 108 cm³/mol. The van der Waals surface area contributed by atoms with Gasteiger partial charge in [0.15, 0.2) is 18.1 Å². The molecular weight excluding hydrogens is 358 g/mol. The summed E-state index contributed by atoms with van der Waals surface area (Å²) in [6.07, 6.45) is 2.48. The second kappa shape index (κ2) is 8.73. The minimum absolute atomic E-state index is 0.191. The molecule has 0 radical (unpaired) electrons. The van der Waals surface area contributed by atoms with E-state index in [1.54, 1.807) is 18.2 Å². The van der Waals surface area contributed by atoms with E-state index in [0.717, 1.165) is 16.8 Å². The summed E-state index contributed by atoms with van der Waals surface area (Å²) in [5.74, 6) is -0.536. The molecule has 0 fully saturated rings. The third-order valence-electron chi connectivity index (χ3n) is 4.03. The quantitative estimate of drug-likeness (QED) is 0.609. The molecule has 0 saturated carbocycles. The normalized spacial score (nSPS) is 10.8. The summed E-state index contributed by atoms with van der Waals surface area (Å²) >= 11 is 0. The summed E-state index contributed by atoms with van der Waals surface area (Å²) < 4.78 is 10.8. The van der Waals surface area contributed by atoms with E-state index < -0.39 is 5.97 Å². The summed E-state index contributed by atoms with van der Waals surface area (Å²) in [6, 6.07) is 18.4. The molecule has 0 atom stereocenters. The number of amides is 1. The molecule has 3 aromatic rings. The lowest BCUT2D eigenvalue weighted by Crippen LogP contribution is -2.20. The van der Waals surface area contributed by atoms with Crippen molar-refractivity contribution in [2.24, 2.45) is 0 Å². The zero-order chi connectivity index (χ0) is 19.9. The maximum absolute atomic E-state index is 12.3. The molecule has 0 unspecified atom stereocenters. The first-order valence-corrected chi connectivity index (χ1v) is 8.56. The Bertz CT molecular complexity index is 1040. The van der Waals surface area contributed by atoms with Crippen LogP contribution >= 0.6 is 0 Å². The zero-order valence-corrected chi connectivity index (χ0v) is 15.2. The van der Waals surface area contributed by atoms with Crippen LogP contribution in [0.4, 0.5) is 5.69 Å². The van der Waals surface area contributed by atoms with Crippen molar-refractivity contribution in [2.45, 2.75) is 0 Å². The number of ether oxygens (including phenoxy) is 2. The van der Waals surface area contributed by atoms with Gasteiger partial charge in [-0.3, -0.25) is 4.79 Å². The first-order valence-electron chi connectivity index (χ1n) is 8.56. The Morgan fingerprint density at radius 1 is 1.04 bits per heavy atom. The Balaban J connectivity index is 1.68. The second-order valence-electron chi connectivity index (χ2n) is 5.95. The summed E-state index contributed by atoms with van der Waals surface area (Å²) in [5, 5.41) is 13.5. The van der Waals surface area contributed by atoms with E-state index in [2.05, 4.69) is 5.32 Å². The third kappa shape index (κ3) is 4.67. The Morgan fingerprint density at radius 2 is 1.82 bits per heavy atom. The number of carboxylic acid groups (broad SMARTS) is 1. The lowest BCUT2D eigenvalue weighted by Gasteiger charge is -2.12. The zero-order valence-electron chi connectivity index (χ0n) is 15.2. The molecule has 6 heteroatoms. The van der Waals surface area contributed by atoms with Crippen LogP contribution in [0.1, 0.15) is 5.56 Å². The Hall–Kier alpha value is -3.80. The van der Waals surface area contributed by atoms with Crippen molar-refractivity contribution < 1.29 is 24.2 Å². The fraction of sp³-hybridized carbons (Fsp3) is 0.0909. The van der Waals surface area contributed by atoms with Crippen molar-refractivity contribution in [1.82, 2.24) is 0 Å². The van der Waals surface area contributed by atoms with Crippen molar-refractivity contribution in [1.29, 1.82) is 0 Å². The van der Waals surface area contributed by atoms with Crippen LogP contribution < -0.4 is 14.8 Å². The number of fused-ring (bicyclic) bond motifs is 1. The van der Waals surface area contributed by atoms with Gasteiger partial charge in [0.25, 0.3) is 5.91 Å². The third-order valence-corrected chi connectivity index (χ3v) is 4.03. The molecule has 0 heterocycles. The van der Waals surface area contributed by atoms with Crippen LogP contribution in [0.5, 0.6) is 11.5 Å². The summed E-state index contributed by atoms with van der Waals surface area (Å²) in [5.41, 5.74) is 1.36. The number of anilines is 1. The van der Waals surface area contributed by atoms with Gasteiger partial charge in [0.1, 0.15) is 0 Å². The number of benzene rings is 3. The number of methoxy groups -OCH3 is 1. The number of hydrogen-bond donors (Lipinski definition) is 2. The molecule has 1 amide bonds. The van der Waals surface area contributed by atoms with Crippen LogP contribution in [0.25, 0.3) is 16.8 Å². The largest absolute Gasteiger partial charge is 0.493 e. The van der Waals surface area contributed by atoms with Crippen LogP contribution in [0.3, 0.4) is 0 Å². The smallest absolute Gasteiger partial charge is 0.328 e. The van der Waals surface area contributed by atoms with E-state index in [0.29, 0.717) is 22.7 Å². The molecule has 0 aliphatic carbocycles. The molecule has 0 saturated heterocycles. The average Bonchev–Trinajstić information content (AvgIpc) is 2.71. The highest BCUT2D eigenvalue weighted by Gasteiger charge is 2.10. The van der Waals surface area contributed by atoms with Crippen LogP contribution in [-0.2, 0) is 9.59 Å². The van der Waals surface area contributed by atoms with E-state index in [4.69, 9.17) is 14.6 Å². The number of hydrogen-bond acceptors (Lipinski definition) is 4. The van der Waals surface area contributed by atoms with Gasteiger partial charge >= 0.3 is 5.97 Å². The number of carbonyl (C=O) groups excluding carboxylic acids is 1. The van der Waals surface area contributed by atoms with E-state index in [9.17, 15) is 9.59 Å². The molecule has 0 spiro atoms. The Kier molecular flexibility index (Phi) is 5.91. The summed E-state index contributed by atoms with van der Waals surface area (Å²) in [4.78, 5) is 22.9. The highest BCUT2D eigenvalue weighted by atomic mass is 16.5. The van der Waals surface area contributed by atoms with Gasteiger partial charge in [-0.05, 0) is 35.2 Å². The molecule has 0 aliphatic heterocycles. The van der Waals surface area contributed by atoms with E-state index in [1.165, 1.54) is 13.2 Å². The van der Waals surface area contributed by atoms with Gasteiger partial charge in [-0.15, -0.1) is 0 Å². The van der Waals surface area contributed by atoms with Crippen molar-refractivity contribution in [2.75, 3.05) is 19.0 Å². The molecule has 6 nitrogen and oxygen atoms in total. The van der Waals surface area contributed by atoms with Crippen LogP contribution in [0.2, 0.25) is 0 Å². The van der Waals surface area contributed by atoms with Crippen molar-refractivity contribution >= 4 is 34.4 Å². The van der Waals surface area contributed by atoms with Crippen LogP contribution in [-0.4, -0.2) is 30.7 Å². The van der Waals surface area contributed by atoms with Gasteiger partial charge in [0.05, 0.1) is 7.11 Å². The van der Waals surface area contributed by atoms with Crippen molar-refractivity contribution in [3.05, 3.63) is 72.3 Å². The highest BCUT2D eigenvalue weighted by molar-refractivity contribution is 6.02. The molecular formula is C22H19NO5. The Morgan fingerprint density at radius 3 is 2.61 bits per heavy atom. The number of rotatable bonds is 7. The van der Waals surface area contributed by atoms with Gasteiger partial charge in [-0.2, -0.15) is 0 Å². The molecule has 0 bridgehead atoms. The van der Waals surface area contributed by atoms with Crippen LogP contribution in [0, 0.1) is 0 Å². The SMILES string of the molecule is COc1cc(/C=C/C(=O)O)ccc1OCC(=O)Nc1cccc2ccccc12. The van der Waals surface area contributed by atoms with Gasteiger partial charge in [0.2, 0.25) is 0 Å². The standard InChI is InChI=1S/C22H19NO5/c1-27-20-13-15(10-12-22(25)26)9-11-19(20)28-14-21(24)23-18-8-4-6-16-5-2-3-7-17(16)18/h2-13H,14H2,1H3,(H,23,24)(H,25,26)/b12-10+. The number of carbonyl (C=O) groups is 2. The van der Waals surface area contributed by atoms with Gasteiger partial charge in [-0.25, -0.2) is 4.79 Å². The van der Waals surface area contributed by atoms with Gasteiger partial charge in [0, 0.05) is 17.1 Å². The Labute approximate surface area is 162 Å². The van der Waals surface area contributed by atoms with E-state index in [-0.39, 0.29) is 12.5 Å². The van der Waals surface area contributed by atoms with Crippen LogP contribution in [0.15, 0.2) is 66.7 Å². The topological polar surface area (TPSA) is 84.9 Å². The minimum atomic E-state index is -1.04. The molecule has 28 heavy (non-hydrogen) atoms. The molecule has 0 aromatic heterocycles. The maximum Gasteiger partial charge on any atom is 0.328 e. The monoisotopic (exact) mass is 377 g/mol. The first kappa shape index (κ1) is 19.0. The highest BCUT2D eigenvalue weighted by Crippen LogP contribution is 2.29. The molecule has 142 valence electrons. The summed E-state index contributed by atoms with van der Waals surface area (Å²) in [6.45, 7) is -0.191. The second-order valence-corrected chi connectivity index (χ2v) is 5.95. The van der Waals surface area contributed by atoms with Crippen molar-refractivity contribution in [3.63, 3.8) is 0 Å². The molecule has 0 aliphatic rings. The lowest BCUT2D eigenvalue weighted by atomic mass is 10.1. The average molecular weight is 377 g/mol. The first-order chi connectivity index (χ1) is 13.6. The molecule has 3 aromatic carbocycles. The lowest BCUT2D eigenvalue weighted by molar-refractivity contribution is -0.131. The molecule has 3 rings (SSSR count). The number of aliphatic carboxylic acids is 1. The van der Waals surface area contributed by atoms with Crippen molar-refractivity contribution in [3.8, 4) is 11.5 Å². The predicted octanol–water partition coefficient (Wildman–Crippen LogP) is 3.96. The fourth-order valence-corrected chi connectivity index (χ4v) is 2.74.